The molecule has 3 N–H and O–H groups in total. The number of fused-ring (bicyclic) bond motifs is 6. The summed E-state index contributed by atoms with van der Waals surface area (Å²) < 4.78 is 63.0. The first kappa shape index (κ1) is 53.9. The third kappa shape index (κ3) is 10.7. The molecular weight excluding hydrogens is 1090 g/mol. The molecule has 0 atom stereocenters. The van der Waals surface area contributed by atoms with Gasteiger partial charge in [0.05, 0.1) is 63.2 Å². The Morgan fingerprint density at radius 3 is 1.21 bits per heavy atom. The number of aromatic amines is 3. The first-order chi connectivity index (χ1) is 41.0. The molecule has 6 heterocycles. The zero-order valence-electron chi connectivity index (χ0n) is 46.2. The highest BCUT2D eigenvalue weighted by Crippen LogP contribution is 2.36. The zero-order valence-corrected chi connectivity index (χ0v) is 47.0. The lowest BCUT2D eigenvalue weighted by atomic mass is 9.92. The molecule has 12 nitrogen and oxygen atoms in total. The predicted octanol–water partition coefficient (Wildman–Crippen LogP) is 15.3. The molecule has 416 valence electrons. The number of nitrogens with zero attached hydrogens (tertiary/aromatic N) is 7. The number of nitrogens with one attached hydrogen (secondary N) is 3. The van der Waals surface area contributed by atoms with Gasteiger partial charge >= 0.3 is 6.18 Å². The minimum absolute atomic E-state index is 0.316. The molecular formula is C69H51F3N10O2S. The van der Waals surface area contributed by atoms with Crippen LogP contribution in [0.3, 0.4) is 0 Å². The summed E-state index contributed by atoms with van der Waals surface area (Å²) in [7, 11) is -3.25. The molecule has 0 saturated carbocycles. The van der Waals surface area contributed by atoms with Crippen molar-refractivity contribution >= 4 is 60.1 Å². The van der Waals surface area contributed by atoms with E-state index >= 15 is 0 Å². The van der Waals surface area contributed by atoms with E-state index in [9.17, 15) is 21.6 Å². The van der Waals surface area contributed by atoms with Gasteiger partial charge in [0, 0.05) is 42.4 Å². The molecule has 12 aromatic rings. The smallest absolute Gasteiger partial charge is 0.337 e. The molecule has 3 aliphatic rings. The van der Waals surface area contributed by atoms with Crippen LogP contribution < -0.4 is 0 Å². The summed E-state index contributed by atoms with van der Waals surface area (Å²) in [5, 5.41) is 0. The van der Waals surface area contributed by atoms with E-state index in [1.165, 1.54) is 24.0 Å². The minimum Gasteiger partial charge on any atom is -0.337 e. The quantitative estimate of drug-likeness (QED) is 0.129. The van der Waals surface area contributed by atoms with Crippen LogP contribution in [0.5, 0.6) is 0 Å². The van der Waals surface area contributed by atoms with E-state index in [0.29, 0.717) is 35.9 Å². The van der Waals surface area contributed by atoms with Gasteiger partial charge in [-0.3, -0.25) is 15.0 Å². The van der Waals surface area contributed by atoms with Crippen molar-refractivity contribution in [3.05, 3.63) is 274 Å². The van der Waals surface area contributed by atoms with Crippen molar-refractivity contribution in [1.82, 2.24) is 29.9 Å². The number of aliphatic imine (C=N–C) groups is 3. The number of rotatable bonds is 8. The lowest BCUT2D eigenvalue weighted by Gasteiger charge is -2.12. The highest BCUT2D eigenvalue weighted by Gasteiger charge is 2.31. The van der Waals surface area contributed by atoms with Gasteiger partial charge in [-0.1, -0.05) is 121 Å². The first-order valence-corrected chi connectivity index (χ1v) is 29.3. The van der Waals surface area contributed by atoms with Gasteiger partial charge in [-0.25, -0.2) is 29.9 Å². The molecule has 3 aromatic heterocycles. The van der Waals surface area contributed by atoms with Crippen molar-refractivity contribution in [3.63, 3.8) is 0 Å². The third-order valence-electron chi connectivity index (χ3n) is 15.5. The maximum atomic E-state index is 13.1. The molecule has 0 saturated heterocycles. The zero-order chi connectivity index (χ0) is 58.6. The van der Waals surface area contributed by atoms with E-state index in [1.807, 2.05) is 117 Å². The lowest BCUT2D eigenvalue weighted by molar-refractivity contribution is -0.137. The normalized spacial score (nSPS) is 13.4. The van der Waals surface area contributed by atoms with Gasteiger partial charge in [0.1, 0.15) is 17.1 Å². The summed E-state index contributed by atoms with van der Waals surface area (Å²) in [5.41, 5.74) is 19.8. The van der Waals surface area contributed by atoms with E-state index in [2.05, 4.69) is 94.3 Å². The maximum Gasteiger partial charge on any atom is 0.416 e. The molecule has 0 fully saturated rings. The second kappa shape index (κ2) is 21.4. The number of benzene rings is 9. The van der Waals surface area contributed by atoms with Gasteiger partial charge in [-0.2, -0.15) is 13.2 Å². The first-order valence-electron chi connectivity index (χ1n) is 27.4. The molecule has 16 heteroatoms. The van der Waals surface area contributed by atoms with Crippen molar-refractivity contribution in [2.24, 2.45) is 15.0 Å². The van der Waals surface area contributed by atoms with E-state index in [1.54, 1.807) is 24.3 Å². The Morgan fingerprint density at radius 2 is 0.812 bits per heavy atom. The molecule has 0 radical (unpaired) electrons. The van der Waals surface area contributed by atoms with Crippen molar-refractivity contribution < 1.29 is 21.6 Å². The number of imidazole rings is 3. The van der Waals surface area contributed by atoms with Crippen LogP contribution in [0.2, 0.25) is 0 Å². The highest BCUT2D eigenvalue weighted by molar-refractivity contribution is 7.90. The average Bonchev–Trinajstić information content (AvgIpc) is 4.26. The standard InChI is InChI=1S/C25H20N4.C22H14F3N3.C22H17N3O2S/c1-25(2,26-3)19-12-10-16(11-13-19)17-8-9-18-15-27-23(20(18)14-17)24-28-21-6-4-5-7-22(21)29-24;23-22(24,25)16-5-3-4-13(10-16)14-8-9-15-12-26-20(17(15)11-14)21-27-18-6-1-2-7-19(18)28-21;1-28(26,27)17-6-4-5-14(11-17)15-9-10-16-13-23-21(18(16)12-15)22-24-19-7-2-3-8-20(19)25-22/h4-14H,15H2,1-2H3,(H,28,29);1-11H,12H2,(H,27,28);2-12H,13H2,1H3,(H,24,25). The maximum absolute atomic E-state index is 13.1. The second-order valence-corrected chi connectivity index (χ2v) is 23.6. The fourth-order valence-corrected chi connectivity index (χ4v) is 11.5. The van der Waals surface area contributed by atoms with Crippen LogP contribution in [0.15, 0.2) is 220 Å². The summed E-state index contributed by atoms with van der Waals surface area (Å²) >= 11 is 0. The van der Waals surface area contributed by atoms with Gasteiger partial charge in [0.25, 0.3) is 5.54 Å². The van der Waals surface area contributed by atoms with Crippen molar-refractivity contribution in [2.45, 2.75) is 50.1 Å². The molecule has 0 spiro atoms. The van der Waals surface area contributed by atoms with Gasteiger partial charge in [-0.05, 0) is 129 Å². The van der Waals surface area contributed by atoms with Gasteiger partial charge in [-0.15, -0.1) is 0 Å². The summed E-state index contributed by atoms with van der Waals surface area (Å²) in [5.74, 6) is 2.24. The number of aromatic nitrogens is 6. The van der Waals surface area contributed by atoms with Crippen LogP contribution in [0.1, 0.15) is 75.8 Å². The van der Waals surface area contributed by atoms with Crippen molar-refractivity contribution in [1.29, 1.82) is 0 Å². The number of hydrogen-bond acceptors (Lipinski definition) is 8. The fourth-order valence-electron chi connectivity index (χ4n) is 10.8. The third-order valence-corrected chi connectivity index (χ3v) is 16.6. The molecule has 3 aliphatic heterocycles. The second-order valence-electron chi connectivity index (χ2n) is 21.5. The lowest BCUT2D eigenvalue weighted by Crippen LogP contribution is -2.10. The molecule has 15 rings (SSSR count). The Hall–Kier alpha value is -10.4. The number of alkyl halides is 3. The predicted molar refractivity (Wildman–Crippen MR) is 330 cm³/mol. The van der Waals surface area contributed by atoms with E-state index < -0.39 is 27.1 Å². The molecule has 9 aromatic carbocycles. The molecule has 85 heavy (non-hydrogen) atoms. The van der Waals surface area contributed by atoms with Crippen molar-refractivity contribution in [3.8, 4) is 33.4 Å². The van der Waals surface area contributed by atoms with Crippen LogP contribution in [-0.4, -0.2) is 61.7 Å². The largest absolute Gasteiger partial charge is 0.416 e. The van der Waals surface area contributed by atoms with E-state index in [-0.39, 0.29) is 0 Å². The van der Waals surface area contributed by atoms with Crippen LogP contribution >= 0.6 is 0 Å². The minimum atomic E-state index is -4.37. The van der Waals surface area contributed by atoms with Crippen LogP contribution in [-0.2, 0) is 41.2 Å². The van der Waals surface area contributed by atoms with Crippen LogP contribution in [0.25, 0.3) is 71.3 Å². The number of halogens is 3. The molecule has 0 amide bonds. The highest BCUT2D eigenvalue weighted by atomic mass is 32.2. The fraction of sp³-hybridized carbons (Fsp3) is 0.116. The summed E-state index contributed by atoms with van der Waals surface area (Å²) in [4.78, 5) is 42.1. The molecule has 0 unspecified atom stereocenters. The van der Waals surface area contributed by atoms with Gasteiger partial charge < -0.3 is 19.8 Å². The van der Waals surface area contributed by atoms with Crippen LogP contribution in [0, 0.1) is 6.57 Å². The van der Waals surface area contributed by atoms with Gasteiger partial charge in [0.15, 0.2) is 27.3 Å². The number of sulfone groups is 1. The number of H-pyrrole nitrogens is 3. The Labute approximate surface area is 487 Å². The Kier molecular flexibility index (Phi) is 13.6. The molecule has 0 aliphatic carbocycles. The SMILES string of the molecule is CS(=O)(=O)c1cccc(-c2ccc3c(c2)C(c2nc4ccccc4[nH]2)=NC3)c1.FC(F)(F)c1cccc(-c2ccc3c(c2)C(c2nc4ccccc4[nH]2)=NC3)c1.[C-]#[N+]C(C)(C)c1ccc(-c2ccc3c(c2)C(c2nc4ccccc4[nH]2)=NC3)cc1. The Bertz CT molecular complexity index is 4790. The molecule has 0 bridgehead atoms. The number of hydrogen-bond donors (Lipinski definition) is 3. The van der Waals surface area contributed by atoms with Crippen molar-refractivity contribution in [2.75, 3.05) is 6.26 Å². The Morgan fingerprint density at radius 1 is 0.435 bits per heavy atom. The van der Waals surface area contributed by atoms with E-state index in [0.717, 1.165) is 129 Å². The summed E-state index contributed by atoms with van der Waals surface area (Å²) in [6.07, 6.45) is -3.14. The number of para-hydroxylation sites is 6. The van der Waals surface area contributed by atoms with Gasteiger partial charge in [0.2, 0.25) is 0 Å². The summed E-state index contributed by atoms with van der Waals surface area (Å²) in [6, 6.07) is 62.6. The Balaban J connectivity index is 0.000000119. The summed E-state index contributed by atoms with van der Waals surface area (Å²) in [6.45, 7) is 13.1. The topological polar surface area (TPSA) is 162 Å². The monoisotopic (exact) mass is 1140 g/mol. The van der Waals surface area contributed by atoms with Crippen LogP contribution in [0.4, 0.5) is 13.2 Å². The van der Waals surface area contributed by atoms with E-state index in [4.69, 9.17) is 16.5 Å². The average molecular weight is 1140 g/mol.